The quantitative estimate of drug-likeness (QED) is 0.593. The molecule has 2 N–H and O–H groups in total. The topological polar surface area (TPSA) is 63.1 Å². The first-order chi connectivity index (χ1) is 13.6. The fraction of sp³-hybridized carbons (Fsp3) is 0.304. The van der Waals surface area contributed by atoms with E-state index in [-0.39, 0.29) is 24.2 Å². The van der Waals surface area contributed by atoms with E-state index >= 15 is 0 Å². The molecule has 1 aliphatic rings. The van der Waals surface area contributed by atoms with Crippen LogP contribution in [-0.4, -0.2) is 22.9 Å². The Hall–Kier alpha value is -2.63. The number of nitrogens with zero attached hydrogens (tertiary/aromatic N) is 1. The van der Waals surface area contributed by atoms with Gasteiger partial charge in [0.05, 0.1) is 5.52 Å². The van der Waals surface area contributed by atoms with Crippen molar-refractivity contribution in [1.82, 2.24) is 9.88 Å². The van der Waals surface area contributed by atoms with Crippen molar-refractivity contribution in [2.24, 2.45) is 0 Å². The van der Waals surface area contributed by atoms with Gasteiger partial charge in [0.1, 0.15) is 0 Å². The second-order valence-electron chi connectivity index (χ2n) is 7.33. The molecular weight excluding hydrogens is 386 g/mol. The molecule has 152 valence electrons. The SMILES string of the molecule is CC(=O)Nc1ccc(CNCCc2c3n(c4ccccc24)C(=O)CCC3)cc1.Cl. The average Bonchev–Trinajstić information content (AvgIpc) is 3.01. The molecule has 1 aromatic heterocycles. The van der Waals surface area contributed by atoms with E-state index in [1.165, 1.54) is 29.1 Å². The zero-order chi connectivity index (χ0) is 19.5. The van der Waals surface area contributed by atoms with Gasteiger partial charge in [-0.15, -0.1) is 12.4 Å². The highest BCUT2D eigenvalue weighted by Crippen LogP contribution is 2.30. The third kappa shape index (κ3) is 4.52. The Bertz CT molecular complexity index is 1020. The van der Waals surface area contributed by atoms with Crippen LogP contribution in [-0.2, 0) is 24.2 Å². The number of carbonyl (C=O) groups excluding carboxylic acids is 2. The van der Waals surface area contributed by atoms with Gasteiger partial charge in [0.2, 0.25) is 11.8 Å². The summed E-state index contributed by atoms with van der Waals surface area (Å²) >= 11 is 0. The maximum atomic E-state index is 12.4. The Balaban J connectivity index is 0.00000240. The number of aromatic nitrogens is 1. The van der Waals surface area contributed by atoms with Crippen molar-refractivity contribution >= 4 is 40.8 Å². The van der Waals surface area contributed by atoms with Crippen molar-refractivity contribution in [3.63, 3.8) is 0 Å². The predicted octanol–water partition coefficient (Wildman–Crippen LogP) is 4.33. The van der Waals surface area contributed by atoms with Crippen molar-refractivity contribution in [3.8, 4) is 0 Å². The standard InChI is InChI=1S/C23H25N3O2.ClH/c1-16(27)25-18-11-9-17(10-12-18)15-24-14-13-20-19-5-2-3-6-21(19)26-22(20)7-4-8-23(26)28;/h2-3,5-6,9-12,24H,4,7-8,13-15H2,1H3,(H,25,27);1H. The second kappa shape index (κ2) is 9.25. The first kappa shape index (κ1) is 21.1. The largest absolute Gasteiger partial charge is 0.326 e. The molecule has 4 rings (SSSR count). The predicted molar refractivity (Wildman–Crippen MR) is 119 cm³/mol. The van der Waals surface area contributed by atoms with Crippen LogP contribution in [0.1, 0.15) is 41.4 Å². The van der Waals surface area contributed by atoms with Gasteiger partial charge in [0.15, 0.2) is 0 Å². The number of hydrogen-bond donors (Lipinski definition) is 2. The van der Waals surface area contributed by atoms with Crippen molar-refractivity contribution in [2.75, 3.05) is 11.9 Å². The van der Waals surface area contributed by atoms with Crippen molar-refractivity contribution < 1.29 is 9.59 Å². The summed E-state index contributed by atoms with van der Waals surface area (Å²) in [4.78, 5) is 23.5. The van der Waals surface area contributed by atoms with Gasteiger partial charge in [-0.05, 0) is 55.1 Å². The summed E-state index contributed by atoms with van der Waals surface area (Å²) in [5, 5.41) is 7.48. The summed E-state index contributed by atoms with van der Waals surface area (Å²) < 4.78 is 1.94. The monoisotopic (exact) mass is 411 g/mol. The van der Waals surface area contributed by atoms with Gasteiger partial charge in [0, 0.05) is 36.7 Å². The number of halogens is 1. The minimum absolute atomic E-state index is 0. The second-order valence-corrected chi connectivity index (χ2v) is 7.33. The summed E-state index contributed by atoms with van der Waals surface area (Å²) in [6, 6.07) is 16.1. The molecule has 0 saturated heterocycles. The molecule has 0 fully saturated rings. The third-order valence-electron chi connectivity index (χ3n) is 5.30. The summed E-state index contributed by atoms with van der Waals surface area (Å²) in [5.74, 6) is 0.156. The Morgan fingerprint density at radius 1 is 1.07 bits per heavy atom. The van der Waals surface area contributed by atoms with E-state index in [0.717, 1.165) is 43.6 Å². The molecule has 0 aliphatic carbocycles. The van der Waals surface area contributed by atoms with Crippen molar-refractivity contribution in [1.29, 1.82) is 0 Å². The maximum absolute atomic E-state index is 12.4. The number of hydrogen-bond acceptors (Lipinski definition) is 3. The highest BCUT2D eigenvalue weighted by molar-refractivity contribution is 5.96. The zero-order valence-electron chi connectivity index (χ0n) is 16.5. The van der Waals surface area contributed by atoms with Crippen LogP contribution in [0.4, 0.5) is 5.69 Å². The fourth-order valence-electron chi connectivity index (χ4n) is 4.06. The van der Waals surface area contributed by atoms with Crippen LogP contribution in [0.3, 0.4) is 0 Å². The lowest BCUT2D eigenvalue weighted by Crippen LogP contribution is -2.21. The van der Waals surface area contributed by atoms with Gasteiger partial charge in [-0.1, -0.05) is 30.3 Å². The van der Waals surface area contributed by atoms with Crippen LogP contribution in [0.5, 0.6) is 0 Å². The fourth-order valence-corrected chi connectivity index (χ4v) is 4.06. The molecule has 0 bridgehead atoms. The molecule has 6 heteroatoms. The molecule has 0 spiro atoms. The Kier molecular flexibility index (Phi) is 6.72. The Morgan fingerprint density at radius 2 is 1.83 bits per heavy atom. The van der Waals surface area contributed by atoms with E-state index in [2.05, 4.69) is 22.8 Å². The molecule has 0 saturated carbocycles. The van der Waals surface area contributed by atoms with Crippen LogP contribution in [0.2, 0.25) is 0 Å². The van der Waals surface area contributed by atoms with E-state index in [0.29, 0.717) is 6.42 Å². The molecule has 29 heavy (non-hydrogen) atoms. The molecule has 5 nitrogen and oxygen atoms in total. The first-order valence-corrected chi connectivity index (χ1v) is 9.85. The number of benzene rings is 2. The van der Waals surface area contributed by atoms with E-state index in [4.69, 9.17) is 0 Å². The van der Waals surface area contributed by atoms with Gasteiger partial charge < -0.3 is 10.6 Å². The summed E-state index contributed by atoms with van der Waals surface area (Å²) in [6.45, 7) is 3.13. The number of fused-ring (bicyclic) bond motifs is 3. The lowest BCUT2D eigenvalue weighted by molar-refractivity contribution is -0.114. The minimum atomic E-state index is -0.0625. The van der Waals surface area contributed by atoms with Gasteiger partial charge in [0.25, 0.3) is 0 Å². The van der Waals surface area contributed by atoms with Crippen LogP contribution < -0.4 is 10.6 Å². The number of anilines is 1. The molecule has 0 atom stereocenters. The molecule has 1 amide bonds. The molecule has 1 aliphatic heterocycles. The molecular formula is C23H26ClN3O2. The third-order valence-corrected chi connectivity index (χ3v) is 5.30. The van der Waals surface area contributed by atoms with Gasteiger partial charge in [-0.25, -0.2) is 0 Å². The molecule has 0 radical (unpaired) electrons. The molecule has 2 aromatic carbocycles. The van der Waals surface area contributed by atoms with Crippen LogP contribution >= 0.6 is 12.4 Å². The highest BCUT2D eigenvalue weighted by Gasteiger charge is 2.23. The minimum Gasteiger partial charge on any atom is -0.326 e. The average molecular weight is 412 g/mol. The number of nitrogens with one attached hydrogen (secondary N) is 2. The Morgan fingerprint density at radius 3 is 2.59 bits per heavy atom. The van der Waals surface area contributed by atoms with Gasteiger partial charge in [-0.2, -0.15) is 0 Å². The smallest absolute Gasteiger partial charge is 0.231 e. The summed E-state index contributed by atoms with van der Waals surface area (Å²) in [5.41, 5.74) is 5.53. The van der Waals surface area contributed by atoms with Crippen molar-refractivity contribution in [3.05, 3.63) is 65.4 Å². The Labute approximate surface area is 176 Å². The summed E-state index contributed by atoms with van der Waals surface area (Å²) in [6.07, 6.45) is 3.45. The van der Waals surface area contributed by atoms with Crippen LogP contribution in [0.15, 0.2) is 48.5 Å². The first-order valence-electron chi connectivity index (χ1n) is 9.85. The molecule has 0 unspecified atom stereocenters. The lowest BCUT2D eigenvalue weighted by Gasteiger charge is -2.16. The number of para-hydroxylation sites is 1. The van der Waals surface area contributed by atoms with E-state index in [1.54, 1.807) is 0 Å². The van der Waals surface area contributed by atoms with Gasteiger partial charge in [-0.3, -0.25) is 14.2 Å². The molecule has 2 heterocycles. The van der Waals surface area contributed by atoms with E-state index in [1.807, 2.05) is 41.0 Å². The van der Waals surface area contributed by atoms with Gasteiger partial charge >= 0.3 is 0 Å². The number of amides is 1. The highest BCUT2D eigenvalue weighted by atomic mass is 35.5. The number of rotatable bonds is 6. The normalized spacial score (nSPS) is 13.1. The summed E-state index contributed by atoms with van der Waals surface area (Å²) in [7, 11) is 0. The lowest BCUT2D eigenvalue weighted by atomic mass is 10.0. The van der Waals surface area contributed by atoms with Crippen LogP contribution in [0.25, 0.3) is 10.9 Å². The zero-order valence-corrected chi connectivity index (χ0v) is 17.3. The van der Waals surface area contributed by atoms with Crippen LogP contribution in [0, 0.1) is 0 Å². The van der Waals surface area contributed by atoms with E-state index < -0.39 is 0 Å². The number of carbonyl (C=O) groups is 2. The maximum Gasteiger partial charge on any atom is 0.231 e. The molecule has 3 aromatic rings. The van der Waals surface area contributed by atoms with E-state index in [9.17, 15) is 9.59 Å². The van der Waals surface area contributed by atoms with Crippen molar-refractivity contribution in [2.45, 2.75) is 39.2 Å².